The Kier molecular flexibility index (Phi) is 4.65. The van der Waals surface area contributed by atoms with Crippen LogP contribution in [0.2, 0.25) is 0 Å². The number of carbonyl (C=O) groups excluding carboxylic acids is 1. The van der Waals surface area contributed by atoms with Gasteiger partial charge in [0.15, 0.2) is 5.78 Å². The molecule has 0 aromatic heterocycles. The number of Topliss-reactive ketones (excluding diaryl/α,β-unsaturated/α-hetero) is 1. The maximum Gasteiger partial charge on any atom is 0.194 e. The molecule has 0 radical (unpaired) electrons. The van der Waals surface area contributed by atoms with Crippen molar-refractivity contribution in [3.8, 4) is 5.75 Å². The Labute approximate surface area is 153 Å². The quantitative estimate of drug-likeness (QED) is 0.559. The third-order valence-corrected chi connectivity index (χ3v) is 4.62. The van der Waals surface area contributed by atoms with Crippen molar-refractivity contribution in [2.75, 3.05) is 6.61 Å². The third-order valence-electron chi connectivity index (χ3n) is 4.62. The molecule has 2 nitrogen and oxygen atoms in total. The monoisotopic (exact) mass is 340 g/mol. The van der Waals surface area contributed by atoms with Crippen LogP contribution in [0.3, 0.4) is 0 Å². The molecule has 4 rings (SSSR count). The fourth-order valence-electron chi connectivity index (χ4n) is 3.26. The summed E-state index contributed by atoms with van der Waals surface area (Å²) in [5, 5.41) is 0. The van der Waals surface area contributed by atoms with Crippen LogP contribution in [0.25, 0.3) is 11.6 Å². The van der Waals surface area contributed by atoms with Crippen LogP contribution < -0.4 is 4.74 Å². The number of fused-ring (bicyclic) bond motifs is 1. The summed E-state index contributed by atoms with van der Waals surface area (Å²) in [6.07, 6.45) is 3.90. The van der Waals surface area contributed by atoms with E-state index in [0.717, 1.165) is 40.9 Å². The fraction of sp³-hybridized carbons (Fsp3) is 0.125. The topological polar surface area (TPSA) is 26.3 Å². The Morgan fingerprint density at radius 2 is 1.54 bits per heavy atom. The van der Waals surface area contributed by atoms with Gasteiger partial charge in [0.1, 0.15) is 5.75 Å². The number of carbonyl (C=O) groups is 1. The van der Waals surface area contributed by atoms with E-state index < -0.39 is 0 Å². The molecule has 0 N–H and O–H groups in total. The van der Waals surface area contributed by atoms with E-state index >= 15 is 0 Å². The van der Waals surface area contributed by atoms with Crippen molar-refractivity contribution >= 4 is 17.4 Å². The fourth-order valence-corrected chi connectivity index (χ4v) is 3.26. The Balaban J connectivity index is 1.39. The normalized spacial score (nSPS) is 12.6. The number of rotatable bonds is 6. The number of aryl methyl sites for hydroxylation is 1. The lowest BCUT2D eigenvalue weighted by molar-refractivity contribution is 0.105. The van der Waals surface area contributed by atoms with Crippen LogP contribution in [-0.4, -0.2) is 12.4 Å². The molecule has 128 valence electrons. The van der Waals surface area contributed by atoms with E-state index in [9.17, 15) is 4.79 Å². The first kappa shape index (κ1) is 16.3. The smallest absolute Gasteiger partial charge is 0.194 e. The minimum atomic E-state index is 0.0703. The summed E-state index contributed by atoms with van der Waals surface area (Å²) in [4.78, 5) is 12.7. The molecule has 0 bridgehead atoms. The van der Waals surface area contributed by atoms with E-state index in [-0.39, 0.29) is 5.78 Å². The van der Waals surface area contributed by atoms with Crippen molar-refractivity contribution in [3.05, 3.63) is 101 Å². The zero-order valence-corrected chi connectivity index (χ0v) is 14.5. The Morgan fingerprint density at radius 1 is 0.808 bits per heavy atom. The van der Waals surface area contributed by atoms with Gasteiger partial charge in [0.05, 0.1) is 6.61 Å². The summed E-state index contributed by atoms with van der Waals surface area (Å²) in [6.45, 7) is 0.640. The molecule has 0 unspecified atom stereocenters. The molecular weight excluding hydrogens is 320 g/mol. The van der Waals surface area contributed by atoms with Gasteiger partial charge in [-0.1, -0.05) is 66.7 Å². The Bertz CT molecular complexity index is 940. The third kappa shape index (κ3) is 3.45. The first-order valence-electron chi connectivity index (χ1n) is 8.94. The van der Waals surface area contributed by atoms with Crippen LogP contribution in [0.5, 0.6) is 5.75 Å². The molecule has 2 heteroatoms. The molecular formula is C24H20O2. The average Bonchev–Trinajstić information content (AvgIpc) is 3.03. The van der Waals surface area contributed by atoms with Crippen molar-refractivity contribution in [2.24, 2.45) is 0 Å². The maximum atomic E-state index is 12.7. The summed E-state index contributed by atoms with van der Waals surface area (Å²) in [6, 6.07) is 26.0. The van der Waals surface area contributed by atoms with E-state index in [1.807, 2.05) is 60.7 Å². The molecule has 0 saturated heterocycles. The van der Waals surface area contributed by atoms with E-state index in [4.69, 9.17) is 4.74 Å². The zero-order chi connectivity index (χ0) is 17.8. The maximum absolute atomic E-state index is 12.7. The second kappa shape index (κ2) is 7.40. The molecule has 0 amide bonds. The van der Waals surface area contributed by atoms with Gasteiger partial charge in [0.25, 0.3) is 0 Å². The first-order valence-corrected chi connectivity index (χ1v) is 8.94. The predicted molar refractivity (Wildman–Crippen MR) is 105 cm³/mol. The van der Waals surface area contributed by atoms with Crippen LogP contribution in [0, 0.1) is 0 Å². The van der Waals surface area contributed by atoms with Crippen LogP contribution >= 0.6 is 0 Å². The van der Waals surface area contributed by atoms with Gasteiger partial charge >= 0.3 is 0 Å². The molecule has 0 atom stereocenters. The number of hydrogen-bond donors (Lipinski definition) is 0. The molecule has 0 saturated carbocycles. The van der Waals surface area contributed by atoms with Crippen LogP contribution in [-0.2, 0) is 6.42 Å². The van der Waals surface area contributed by atoms with Crippen LogP contribution in [0.1, 0.15) is 33.5 Å². The Morgan fingerprint density at radius 3 is 2.31 bits per heavy atom. The molecule has 3 aromatic rings. The lowest BCUT2D eigenvalue weighted by Gasteiger charge is -2.08. The second-order valence-corrected chi connectivity index (χ2v) is 6.44. The van der Waals surface area contributed by atoms with E-state index in [1.54, 1.807) is 0 Å². The molecule has 26 heavy (non-hydrogen) atoms. The standard InChI is InChI=1S/C24H20O2/c25-24-22(19-11-5-2-6-12-19)16-20-13-14-21(17-23(20)24)26-15-7-10-18-8-3-1-4-9-18/h1-6,8-9,11-14,16-17H,7,10,15H2. The Hall–Kier alpha value is -3.13. The van der Waals surface area contributed by atoms with Gasteiger partial charge in [-0.2, -0.15) is 0 Å². The van der Waals surface area contributed by atoms with Gasteiger partial charge in [-0.3, -0.25) is 4.79 Å². The number of ketones is 1. The lowest BCUT2D eigenvalue weighted by atomic mass is 10.0. The SMILES string of the molecule is O=C1C(c2ccccc2)=Cc2ccc(OCCCc3ccccc3)cc21. The second-order valence-electron chi connectivity index (χ2n) is 6.44. The molecule has 1 aliphatic rings. The van der Waals surface area contributed by atoms with Crippen molar-refractivity contribution in [2.45, 2.75) is 12.8 Å². The van der Waals surface area contributed by atoms with Gasteiger partial charge in [-0.05, 0) is 47.7 Å². The van der Waals surface area contributed by atoms with Gasteiger partial charge in [-0.15, -0.1) is 0 Å². The summed E-state index contributed by atoms with van der Waals surface area (Å²) in [5.74, 6) is 0.828. The average molecular weight is 340 g/mol. The van der Waals surface area contributed by atoms with E-state index in [1.165, 1.54) is 5.56 Å². The molecule has 0 spiro atoms. The van der Waals surface area contributed by atoms with Crippen molar-refractivity contribution in [1.82, 2.24) is 0 Å². The molecule has 0 heterocycles. The van der Waals surface area contributed by atoms with Crippen LogP contribution in [0.15, 0.2) is 78.9 Å². The molecule has 3 aromatic carbocycles. The highest BCUT2D eigenvalue weighted by Crippen LogP contribution is 2.33. The summed E-state index contributed by atoms with van der Waals surface area (Å²) in [7, 11) is 0. The summed E-state index contributed by atoms with van der Waals surface area (Å²) in [5.41, 5.74) is 4.72. The number of benzene rings is 3. The largest absolute Gasteiger partial charge is 0.494 e. The highest BCUT2D eigenvalue weighted by molar-refractivity contribution is 6.37. The molecule has 0 fully saturated rings. The highest BCUT2D eigenvalue weighted by atomic mass is 16.5. The highest BCUT2D eigenvalue weighted by Gasteiger charge is 2.23. The number of hydrogen-bond acceptors (Lipinski definition) is 2. The van der Waals surface area contributed by atoms with Gasteiger partial charge in [0, 0.05) is 11.1 Å². The van der Waals surface area contributed by atoms with Crippen molar-refractivity contribution in [1.29, 1.82) is 0 Å². The van der Waals surface area contributed by atoms with Gasteiger partial charge in [0.2, 0.25) is 0 Å². The summed E-state index contributed by atoms with van der Waals surface area (Å²) < 4.78 is 5.87. The molecule has 1 aliphatic carbocycles. The number of allylic oxidation sites excluding steroid dienone is 1. The van der Waals surface area contributed by atoms with Gasteiger partial charge in [-0.25, -0.2) is 0 Å². The zero-order valence-electron chi connectivity index (χ0n) is 14.5. The van der Waals surface area contributed by atoms with Crippen molar-refractivity contribution < 1.29 is 9.53 Å². The minimum Gasteiger partial charge on any atom is -0.494 e. The lowest BCUT2D eigenvalue weighted by Crippen LogP contribution is -2.02. The summed E-state index contributed by atoms with van der Waals surface area (Å²) >= 11 is 0. The first-order chi connectivity index (χ1) is 12.8. The van der Waals surface area contributed by atoms with Crippen LogP contribution in [0.4, 0.5) is 0 Å². The van der Waals surface area contributed by atoms with E-state index in [0.29, 0.717) is 6.61 Å². The molecule has 0 aliphatic heterocycles. The predicted octanol–water partition coefficient (Wildman–Crippen LogP) is 5.44. The van der Waals surface area contributed by atoms with E-state index in [2.05, 4.69) is 24.3 Å². The number of ether oxygens (including phenoxy) is 1. The van der Waals surface area contributed by atoms with Gasteiger partial charge < -0.3 is 4.74 Å². The van der Waals surface area contributed by atoms with Crippen molar-refractivity contribution in [3.63, 3.8) is 0 Å². The minimum absolute atomic E-state index is 0.0703.